The highest BCUT2D eigenvalue weighted by Gasteiger charge is 2.50. The molecule has 0 aromatic carbocycles. The topological polar surface area (TPSA) is 71.3 Å². The highest BCUT2D eigenvalue weighted by Crippen LogP contribution is 2.42. The van der Waals surface area contributed by atoms with Crippen molar-refractivity contribution in [2.75, 3.05) is 24.5 Å². The van der Waals surface area contributed by atoms with Crippen LogP contribution >= 0.6 is 0 Å². The number of likely N-dealkylation sites (tertiary alicyclic amines) is 1. The molecule has 2 aromatic rings. The van der Waals surface area contributed by atoms with Crippen LogP contribution < -0.4 is 4.90 Å². The molecular formula is C18H21N5O2. The van der Waals surface area contributed by atoms with E-state index in [9.17, 15) is 9.59 Å². The van der Waals surface area contributed by atoms with Crippen molar-refractivity contribution < 1.29 is 9.59 Å². The van der Waals surface area contributed by atoms with Gasteiger partial charge in [-0.25, -0.2) is 0 Å². The van der Waals surface area contributed by atoms with E-state index in [4.69, 9.17) is 0 Å². The maximum absolute atomic E-state index is 13.1. The van der Waals surface area contributed by atoms with Crippen LogP contribution in [-0.4, -0.2) is 51.1 Å². The zero-order valence-corrected chi connectivity index (χ0v) is 14.3. The van der Waals surface area contributed by atoms with Gasteiger partial charge in [0.15, 0.2) is 0 Å². The summed E-state index contributed by atoms with van der Waals surface area (Å²) in [7, 11) is 1.84. The number of piperidine rings is 1. The second-order valence-electron chi connectivity index (χ2n) is 6.93. The van der Waals surface area contributed by atoms with E-state index in [1.54, 1.807) is 35.4 Å². The summed E-state index contributed by atoms with van der Waals surface area (Å²) in [4.78, 5) is 33.5. The number of aryl methyl sites for hydroxylation is 1. The number of rotatable bonds is 2. The van der Waals surface area contributed by atoms with Crippen LogP contribution in [0.4, 0.5) is 5.69 Å². The van der Waals surface area contributed by atoms with Crippen LogP contribution in [-0.2, 0) is 11.8 Å². The van der Waals surface area contributed by atoms with Crippen LogP contribution in [0.3, 0.4) is 0 Å². The third kappa shape index (κ3) is 2.69. The molecule has 7 nitrogen and oxygen atoms in total. The van der Waals surface area contributed by atoms with Crippen molar-refractivity contribution >= 4 is 17.5 Å². The van der Waals surface area contributed by atoms with Gasteiger partial charge >= 0.3 is 0 Å². The number of carbonyl (C=O) groups is 2. The van der Waals surface area contributed by atoms with Crippen LogP contribution in [0.2, 0.25) is 0 Å². The van der Waals surface area contributed by atoms with E-state index in [1.165, 1.54) is 0 Å². The fourth-order valence-electron chi connectivity index (χ4n) is 3.98. The first-order valence-electron chi connectivity index (χ1n) is 8.59. The standard InChI is InChI=1S/C18H21N5O2/c1-21-12-15(11-20-21)23-10-6-18(17(23)25)5-2-9-22(13-18)16(24)14-3-7-19-8-4-14/h3-4,7-8,11-12H,2,5-6,9-10,13H2,1H3. The molecule has 2 aliphatic heterocycles. The van der Waals surface area contributed by atoms with Gasteiger partial charge in [-0.2, -0.15) is 5.10 Å². The van der Waals surface area contributed by atoms with Gasteiger partial charge in [-0.1, -0.05) is 0 Å². The molecule has 1 unspecified atom stereocenters. The Morgan fingerprint density at radius 2 is 2.00 bits per heavy atom. The lowest BCUT2D eigenvalue weighted by Crippen LogP contribution is -2.49. The zero-order chi connectivity index (χ0) is 17.4. The predicted octanol–water partition coefficient (Wildman–Crippen LogP) is 1.47. The summed E-state index contributed by atoms with van der Waals surface area (Å²) >= 11 is 0. The molecule has 0 N–H and O–H groups in total. The molecule has 4 rings (SSSR count). The SMILES string of the molecule is Cn1cc(N2CCC3(CCCN(C(=O)c4ccncc4)C3)C2=O)cn1. The lowest BCUT2D eigenvalue weighted by molar-refractivity contribution is -0.127. The van der Waals surface area contributed by atoms with Crippen LogP contribution in [0.1, 0.15) is 29.6 Å². The quantitative estimate of drug-likeness (QED) is 0.831. The van der Waals surface area contributed by atoms with Crippen molar-refractivity contribution in [2.45, 2.75) is 19.3 Å². The molecule has 0 bridgehead atoms. The molecule has 2 amide bonds. The minimum atomic E-state index is -0.462. The maximum Gasteiger partial charge on any atom is 0.253 e. The lowest BCUT2D eigenvalue weighted by Gasteiger charge is -2.39. The Morgan fingerprint density at radius 3 is 2.72 bits per heavy atom. The number of anilines is 1. The van der Waals surface area contributed by atoms with Gasteiger partial charge < -0.3 is 9.80 Å². The van der Waals surface area contributed by atoms with Crippen LogP contribution in [0.15, 0.2) is 36.9 Å². The molecular weight excluding hydrogens is 318 g/mol. The fraction of sp³-hybridized carbons (Fsp3) is 0.444. The van der Waals surface area contributed by atoms with E-state index in [-0.39, 0.29) is 11.8 Å². The Balaban J connectivity index is 1.54. The van der Waals surface area contributed by atoms with Crippen molar-refractivity contribution in [3.63, 3.8) is 0 Å². The van der Waals surface area contributed by atoms with Gasteiger partial charge in [0.1, 0.15) is 0 Å². The average Bonchev–Trinajstić information content (AvgIpc) is 3.20. The lowest BCUT2D eigenvalue weighted by atomic mass is 9.78. The van der Waals surface area contributed by atoms with Crippen LogP contribution in [0.5, 0.6) is 0 Å². The monoisotopic (exact) mass is 339 g/mol. The molecule has 0 saturated carbocycles. The van der Waals surface area contributed by atoms with Gasteiger partial charge in [-0.15, -0.1) is 0 Å². The maximum atomic E-state index is 13.1. The van der Waals surface area contributed by atoms with E-state index < -0.39 is 5.41 Å². The summed E-state index contributed by atoms with van der Waals surface area (Å²) in [5.41, 5.74) is 1.00. The Kier molecular flexibility index (Phi) is 3.78. The average molecular weight is 339 g/mol. The molecule has 2 fully saturated rings. The van der Waals surface area contributed by atoms with Crippen molar-refractivity contribution in [2.24, 2.45) is 12.5 Å². The Bertz CT molecular complexity index is 803. The van der Waals surface area contributed by atoms with Gasteiger partial charge in [0.2, 0.25) is 5.91 Å². The van der Waals surface area contributed by atoms with E-state index >= 15 is 0 Å². The number of nitrogens with zero attached hydrogens (tertiary/aromatic N) is 5. The first-order chi connectivity index (χ1) is 12.1. The van der Waals surface area contributed by atoms with Gasteiger partial charge in [0, 0.05) is 50.8 Å². The second-order valence-corrected chi connectivity index (χ2v) is 6.93. The van der Waals surface area contributed by atoms with Gasteiger partial charge in [-0.3, -0.25) is 19.3 Å². The summed E-state index contributed by atoms with van der Waals surface area (Å²) in [6.07, 6.45) is 9.29. The largest absolute Gasteiger partial charge is 0.338 e. The van der Waals surface area contributed by atoms with Gasteiger partial charge in [-0.05, 0) is 31.4 Å². The van der Waals surface area contributed by atoms with Gasteiger partial charge in [0.25, 0.3) is 5.91 Å². The first kappa shape index (κ1) is 15.8. The summed E-state index contributed by atoms with van der Waals surface area (Å²) in [6, 6.07) is 3.45. The number of hydrogen-bond acceptors (Lipinski definition) is 4. The number of aromatic nitrogens is 3. The molecule has 25 heavy (non-hydrogen) atoms. The van der Waals surface area contributed by atoms with E-state index in [1.807, 2.05) is 23.0 Å². The van der Waals surface area contributed by atoms with Crippen molar-refractivity contribution in [3.8, 4) is 0 Å². The third-order valence-electron chi connectivity index (χ3n) is 5.31. The highest BCUT2D eigenvalue weighted by atomic mass is 16.2. The summed E-state index contributed by atoms with van der Waals surface area (Å²) < 4.78 is 1.70. The zero-order valence-electron chi connectivity index (χ0n) is 14.3. The summed E-state index contributed by atoms with van der Waals surface area (Å²) in [6.45, 7) is 1.87. The number of hydrogen-bond donors (Lipinski definition) is 0. The fourth-order valence-corrected chi connectivity index (χ4v) is 3.98. The smallest absolute Gasteiger partial charge is 0.253 e. The normalized spacial score (nSPS) is 23.5. The summed E-state index contributed by atoms with van der Waals surface area (Å²) in [5.74, 6) is 0.0989. The molecule has 1 atom stereocenters. The Morgan fingerprint density at radius 1 is 1.20 bits per heavy atom. The Hall–Kier alpha value is -2.70. The molecule has 2 aliphatic rings. The molecule has 1 spiro atoms. The second kappa shape index (κ2) is 5.98. The molecule has 7 heteroatoms. The number of pyridine rings is 1. The van der Waals surface area contributed by atoms with Crippen molar-refractivity contribution in [3.05, 3.63) is 42.5 Å². The molecule has 4 heterocycles. The third-order valence-corrected chi connectivity index (χ3v) is 5.31. The minimum Gasteiger partial charge on any atom is -0.338 e. The molecule has 130 valence electrons. The van der Waals surface area contributed by atoms with Gasteiger partial charge in [0.05, 0.1) is 17.3 Å². The Labute approximate surface area is 146 Å². The molecule has 2 aromatic heterocycles. The minimum absolute atomic E-state index is 0.0193. The van der Waals surface area contributed by atoms with E-state index in [2.05, 4.69) is 10.1 Å². The van der Waals surface area contributed by atoms with Crippen molar-refractivity contribution in [1.82, 2.24) is 19.7 Å². The highest BCUT2D eigenvalue weighted by molar-refractivity contribution is 6.01. The van der Waals surface area contributed by atoms with Crippen molar-refractivity contribution in [1.29, 1.82) is 0 Å². The molecule has 0 aliphatic carbocycles. The molecule has 2 saturated heterocycles. The number of carbonyl (C=O) groups excluding carboxylic acids is 2. The first-order valence-corrected chi connectivity index (χ1v) is 8.59. The molecule has 0 radical (unpaired) electrons. The van der Waals surface area contributed by atoms with E-state index in [0.717, 1.165) is 24.9 Å². The van der Waals surface area contributed by atoms with E-state index in [0.29, 0.717) is 25.2 Å². The summed E-state index contributed by atoms with van der Waals surface area (Å²) in [5, 5.41) is 4.16. The van der Waals surface area contributed by atoms with Crippen LogP contribution in [0, 0.1) is 5.41 Å². The predicted molar refractivity (Wildman–Crippen MR) is 92.0 cm³/mol. The number of amides is 2. The van der Waals surface area contributed by atoms with Crippen LogP contribution in [0.25, 0.3) is 0 Å².